The molecule has 0 aliphatic rings. The van der Waals surface area contributed by atoms with Crippen LogP contribution in [0.4, 0.5) is 5.69 Å². The molecule has 0 radical (unpaired) electrons. The van der Waals surface area contributed by atoms with Gasteiger partial charge in [-0.3, -0.25) is 4.68 Å². The summed E-state index contributed by atoms with van der Waals surface area (Å²) in [5.74, 6) is 0.256. The number of benzene rings is 3. The van der Waals surface area contributed by atoms with Crippen LogP contribution >= 0.6 is 11.6 Å². The van der Waals surface area contributed by atoms with Gasteiger partial charge in [0.25, 0.3) is 0 Å². The van der Waals surface area contributed by atoms with Crippen molar-refractivity contribution in [3.8, 4) is 11.8 Å². The van der Waals surface area contributed by atoms with Crippen molar-refractivity contribution in [1.82, 2.24) is 9.78 Å². The monoisotopic (exact) mass is 586 g/mol. The second-order valence-electron chi connectivity index (χ2n) is 9.12. The number of nitriles is 1. The van der Waals surface area contributed by atoms with Crippen LogP contribution in [0.2, 0.25) is 5.02 Å². The summed E-state index contributed by atoms with van der Waals surface area (Å²) in [7, 11) is -6.82. The van der Waals surface area contributed by atoms with Crippen molar-refractivity contribution in [3.63, 3.8) is 0 Å². The van der Waals surface area contributed by atoms with Crippen LogP contribution in [0.1, 0.15) is 29.2 Å². The second kappa shape index (κ2) is 11.3. The van der Waals surface area contributed by atoms with Crippen molar-refractivity contribution < 1.29 is 21.6 Å². The summed E-state index contributed by atoms with van der Waals surface area (Å²) in [5.41, 5.74) is 2.64. The third-order valence-electron chi connectivity index (χ3n) is 6.21. The van der Waals surface area contributed by atoms with Crippen molar-refractivity contribution >= 4 is 48.2 Å². The predicted molar refractivity (Wildman–Crippen MR) is 152 cm³/mol. The van der Waals surface area contributed by atoms with E-state index in [1.807, 2.05) is 24.3 Å². The highest BCUT2D eigenvalue weighted by atomic mass is 35.5. The Hall–Kier alpha value is -3.59. The first-order valence-corrected chi connectivity index (χ1v) is 16.0. The number of hydrogen-bond donors (Lipinski definition) is 0. The number of hydrogen-bond acceptors (Lipinski definition) is 7. The number of para-hydroxylation sites is 1. The van der Waals surface area contributed by atoms with Gasteiger partial charge in [0.15, 0.2) is 0 Å². The molecule has 0 bridgehead atoms. The number of fused-ring (bicyclic) bond motifs is 1. The Bertz CT molecular complexity index is 1710. The Morgan fingerprint density at radius 2 is 1.64 bits per heavy atom. The first-order valence-electron chi connectivity index (χ1n) is 11.9. The zero-order valence-corrected chi connectivity index (χ0v) is 24.0. The zero-order chi connectivity index (χ0) is 28.4. The van der Waals surface area contributed by atoms with Gasteiger partial charge in [-0.2, -0.15) is 14.1 Å². The minimum absolute atomic E-state index is 0.0145. The first kappa shape index (κ1) is 28.4. The van der Waals surface area contributed by atoms with Gasteiger partial charge in [0.2, 0.25) is 20.0 Å². The number of halogens is 1. The fraction of sp³-hybridized carbons (Fsp3) is 0.259. The molecular formula is C27H27ClN4O5S2. The SMILES string of the molecule is COc1ccc(Cn2nc(CCC(C#N)c3ccc(Cl)cc3)c3cccc(N(S(C)(=O)=O)S(C)(=O)=O)c32)cc1. The standard InChI is InChI=1S/C27H27ClN4O5S2/c1-37-23-14-7-19(8-15-23)18-31-27-24(5-4-6-26(27)32(38(2,33)34)39(3,35)36)25(30-31)16-11-21(17-29)20-9-12-22(28)13-10-20/h4-10,12-15,21H,11,16,18H2,1-3H3. The summed E-state index contributed by atoms with van der Waals surface area (Å²) in [6.07, 6.45) is 2.54. The van der Waals surface area contributed by atoms with E-state index in [-0.39, 0.29) is 12.2 Å². The normalized spacial score (nSPS) is 12.7. The smallest absolute Gasteiger partial charge is 0.245 e. The van der Waals surface area contributed by atoms with Gasteiger partial charge in [-0.15, -0.1) is 0 Å². The first-order chi connectivity index (χ1) is 18.4. The minimum atomic E-state index is -4.19. The molecule has 0 N–H and O–H groups in total. The van der Waals surface area contributed by atoms with Crippen molar-refractivity contribution in [1.29, 1.82) is 5.26 Å². The molecule has 4 aromatic rings. The largest absolute Gasteiger partial charge is 0.497 e. The van der Waals surface area contributed by atoms with Gasteiger partial charge < -0.3 is 4.74 Å². The second-order valence-corrected chi connectivity index (χ2v) is 13.5. The molecule has 1 atom stereocenters. The van der Waals surface area contributed by atoms with Gasteiger partial charge in [-0.25, -0.2) is 16.8 Å². The lowest BCUT2D eigenvalue weighted by Crippen LogP contribution is -2.35. The van der Waals surface area contributed by atoms with Crippen LogP contribution in [-0.2, 0) is 33.0 Å². The molecule has 1 aromatic heterocycles. The van der Waals surface area contributed by atoms with Crippen LogP contribution < -0.4 is 8.45 Å². The maximum absolute atomic E-state index is 12.7. The molecule has 1 unspecified atom stereocenters. The molecule has 0 saturated carbocycles. The van der Waals surface area contributed by atoms with Crippen LogP contribution in [0.5, 0.6) is 5.75 Å². The molecule has 0 aliphatic carbocycles. The zero-order valence-electron chi connectivity index (χ0n) is 21.6. The predicted octanol–water partition coefficient (Wildman–Crippen LogP) is 4.71. The highest BCUT2D eigenvalue weighted by Gasteiger charge is 2.31. The summed E-state index contributed by atoms with van der Waals surface area (Å²) in [5, 5.41) is 15.8. The molecule has 0 fully saturated rings. The summed E-state index contributed by atoms with van der Waals surface area (Å²) in [4.78, 5) is 0. The molecule has 39 heavy (non-hydrogen) atoms. The average Bonchev–Trinajstić information content (AvgIpc) is 3.22. The van der Waals surface area contributed by atoms with Crippen LogP contribution in [0.3, 0.4) is 0 Å². The number of nitrogens with zero attached hydrogens (tertiary/aromatic N) is 4. The Balaban J connectivity index is 1.83. The number of sulfonamides is 2. The third-order valence-corrected chi connectivity index (χ3v) is 9.69. The summed E-state index contributed by atoms with van der Waals surface area (Å²) < 4.78 is 57.9. The summed E-state index contributed by atoms with van der Waals surface area (Å²) in [6.45, 7) is 0.248. The van der Waals surface area contributed by atoms with Gasteiger partial charge in [0, 0.05) is 10.4 Å². The van der Waals surface area contributed by atoms with E-state index in [2.05, 4.69) is 6.07 Å². The van der Waals surface area contributed by atoms with Crippen LogP contribution in [0, 0.1) is 11.3 Å². The van der Waals surface area contributed by atoms with E-state index in [1.165, 1.54) is 6.07 Å². The van der Waals surface area contributed by atoms with E-state index in [9.17, 15) is 22.1 Å². The fourth-order valence-electron chi connectivity index (χ4n) is 4.52. The molecule has 1 heterocycles. The van der Waals surface area contributed by atoms with Gasteiger partial charge in [-0.05, 0) is 54.3 Å². The molecular weight excluding hydrogens is 560 g/mol. The average molecular weight is 587 g/mol. The van der Waals surface area contributed by atoms with E-state index in [1.54, 1.807) is 48.2 Å². The van der Waals surface area contributed by atoms with E-state index in [4.69, 9.17) is 21.4 Å². The van der Waals surface area contributed by atoms with Gasteiger partial charge in [-0.1, -0.05) is 48.0 Å². The third kappa shape index (κ3) is 6.36. The van der Waals surface area contributed by atoms with Crippen molar-refractivity contribution in [2.45, 2.75) is 25.3 Å². The number of aromatic nitrogens is 2. The number of rotatable bonds is 10. The maximum Gasteiger partial charge on any atom is 0.245 e. The lowest BCUT2D eigenvalue weighted by atomic mass is 9.94. The van der Waals surface area contributed by atoms with Crippen LogP contribution in [-0.4, -0.2) is 46.2 Å². The molecule has 204 valence electrons. The van der Waals surface area contributed by atoms with Gasteiger partial charge in [0.05, 0.1) is 55.1 Å². The highest BCUT2D eigenvalue weighted by Crippen LogP contribution is 2.34. The molecule has 4 rings (SSSR count). The molecule has 12 heteroatoms. The van der Waals surface area contributed by atoms with Gasteiger partial charge in [0.1, 0.15) is 5.75 Å². The van der Waals surface area contributed by atoms with Gasteiger partial charge >= 0.3 is 0 Å². The maximum atomic E-state index is 12.7. The minimum Gasteiger partial charge on any atom is -0.497 e. The fourth-order valence-corrected chi connectivity index (χ4v) is 7.62. The van der Waals surface area contributed by atoms with Crippen LogP contribution in [0.25, 0.3) is 10.9 Å². The molecule has 0 saturated heterocycles. The Morgan fingerprint density at radius 3 is 2.21 bits per heavy atom. The molecule has 0 aliphatic heterocycles. The van der Waals surface area contributed by atoms with E-state index in [0.717, 1.165) is 23.6 Å². The van der Waals surface area contributed by atoms with E-state index >= 15 is 0 Å². The summed E-state index contributed by atoms with van der Waals surface area (Å²) >= 11 is 6.00. The number of ether oxygens (including phenoxy) is 1. The van der Waals surface area contributed by atoms with Crippen LogP contribution in [0.15, 0.2) is 66.7 Å². The van der Waals surface area contributed by atoms with E-state index in [0.29, 0.717) is 43.9 Å². The van der Waals surface area contributed by atoms with Crippen molar-refractivity contribution in [2.24, 2.45) is 0 Å². The number of aryl methyl sites for hydroxylation is 1. The Kier molecular flexibility index (Phi) is 8.20. The number of anilines is 1. The highest BCUT2D eigenvalue weighted by molar-refractivity contribution is 8.09. The molecule has 0 amide bonds. The Labute approximate surface area is 233 Å². The van der Waals surface area contributed by atoms with Crippen molar-refractivity contribution in [3.05, 3.63) is 88.6 Å². The Morgan fingerprint density at radius 1 is 1.00 bits per heavy atom. The lowest BCUT2D eigenvalue weighted by molar-refractivity contribution is 0.414. The molecule has 9 nitrogen and oxygen atoms in total. The summed E-state index contributed by atoms with van der Waals surface area (Å²) in [6, 6.07) is 21.5. The molecule has 3 aromatic carbocycles. The topological polar surface area (TPSA) is 122 Å². The molecule has 0 spiro atoms. The van der Waals surface area contributed by atoms with Crippen molar-refractivity contribution in [2.75, 3.05) is 23.3 Å². The number of methoxy groups -OCH3 is 1. The van der Waals surface area contributed by atoms with E-state index < -0.39 is 26.0 Å². The lowest BCUT2D eigenvalue weighted by Gasteiger charge is -2.21. The quantitative estimate of drug-likeness (QED) is 0.264.